The van der Waals surface area contributed by atoms with Crippen LogP contribution in [0.15, 0.2) is 48.5 Å². The molecule has 5 heteroatoms. The Morgan fingerprint density at radius 3 is 2.48 bits per heavy atom. The van der Waals surface area contributed by atoms with Gasteiger partial charge in [0.25, 0.3) is 0 Å². The maximum absolute atomic E-state index is 12.5. The number of hydrogen-bond acceptors (Lipinski definition) is 3. The molecule has 0 aliphatic rings. The summed E-state index contributed by atoms with van der Waals surface area (Å²) in [6.07, 6.45) is -0.331. The Labute approximate surface area is 160 Å². The third kappa shape index (κ3) is 4.30. The van der Waals surface area contributed by atoms with Crippen LogP contribution in [-0.4, -0.2) is 33.1 Å². The summed E-state index contributed by atoms with van der Waals surface area (Å²) in [5.74, 6) is 0.753. The molecule has 1 heterocycles. The Bertz CT molecular complexity index is 926. The summed E-state index contributed by atoms with van der Waals surface area (Å²) in [6, 6.07) is 16.2. The number of nitrogens with one attached hydrogen (secondary N) is 1. The number of hydrogen-bond donors (Lipinski definition) is 1. The fraction of sp³-hybridized carbons (Fsp3) is 0.364. The van der Waals surface area contributed by atoms with E-state index in [4.69, 9.17) is 9.72 Å². The highest BCUT2D eigenvalue weighted by atomic mass is 16.6. The van der Waals surface area contributed by atoms with Crippen molar-refractivity contribution in [2.45, 2.75) is 46.3 Å². The number of benzene rings is 2. The molecule has 142 valence electrons. The summed E-state index contributed by atoms with van der Waals surface area (Å²) in [4.78, 5) is 22.3. The van der Waals surface area contributed by atoms with Gasteiger partial charge >= 0.3 is 6.09 Å². The van der Waals surface area contributed by atoms with Gasteiger partial charge < -0.3 is 9.72 Å². The van der Waals surface area contributed by atoms with E-state index >= 15 is 0 Å². The zero-order valence-electron chi connectivity index (χ0n) is 16.6. The van der Waals surface area contributed by atoms with Crippen molar-refractivity contribution in [1.29, 1.82) is 0 Å². The average Bonchev–Trinajstić information content (AvgIpc) is 3.04. The molecule has 0 spiro atoms. The molecule has 0 aliphatic heterocycles. The fourth-order valence-corrected chi connectivity index (χ4v) is 3.07. The molecule has 0 saturated heterocycles. The van der Waals surface area contributed by atoms with Crippen LogP contribution in [0.4, 0.5) is 4.79 Å². The van der Waals surface area contributed by atoms with E-state index in [-0.39, 0.29) is 12.1 Å². The van der Waals surface area contributed by atoms with E-state index < -0.39 is 5.60 Å². The Morgan fingerprint density at radius 2 is 1.85 bits per heavy atom. The van der Waals surface area contributed by atoms with E-state index in [1.54, 1.807) is 4.90 Å². The molecule has 1 unspecified atom stereocenters. The topological polar surface area (TPSA) is 58.2 Å². The lowest BCUT2D eigenvalue weighted by atomic mass is 10.1. The maximum Gasteiger partial charge on any atom is 0.410 e. The van der Waals surface area contributed by atoms with E-state index in [1.165, 1.54) is 0 Å². The molecule has 0 bridgehead atoms. The zero-order chi connectivity index (χ0) is 19.6. The third-order valence-corrected chi connectivity index (χ3v) is 4.44. The highest BCUT2D eigenvalue weighted by Crippen LogP contribution is 2.26. The molecule has 1 N–H and O–H groups in total. The van der Waals surface area contributed by atoms with Crippen molar-refractivity contribution in [1.82, 2.24) is 14.9 Å². The van der Waals surface area contributed by atoms with Crippen LogP contribution in [0.5, 0.6) is 0 Å². The monoisotopic (exact) mass is 365 g/mol. The number of fused-ring (bicyclic) bond motifs is 1. The molecule has 1 atom stereocenters. The van der Waals surface area contributed by atoms with Crippen molar-refractivity contribution in [2.24, 2.45) is 0 Å². The molecule has 3 aromatic rings. The van der Waals surface area contributed by atoms with Gasteiger partial charge in [-0.2, -0.15) is 0 Å². The van der Waals surface area contributed by atoms with Crippen LogP contribution in [-0.2, 0) is 4.74 Å². The Kier molecular flexibility index (Phi) is 5.22. The lowest BCUT2D eigenvalue weighted by Crippen LogP contribution is -2.38. The standard InChI is InChI=1S/C22H27N3O2/c1-6-25(21(26)27-22(3,4)5)15(2)20-23-18-13-12-17(14-19(18)24-20)16-10-8-7-9-11-16/h7-15H,6H2,1-5H3,(H,23,24). The quantitative estimate of drug-likeness (QED) is 0.659. The van der Waals surface area contributed by atoms with E-state index in [9.17, 15) is 4.79 Å². The minimum absolute atomic E-state index is 0.211. The summed E-state index contributed by atoms with van der Waals surface area (Å²) in [5, 5.41) is 0. The Balaban J connectivity index is 1.88. The zero-order valence-corrected chi connectivity index (χ0v) is 16.6. The molecule has 1 aromatic heterocycles. The molecule has 5 nitrogen and oxygen atoms in total. The lowest BCUT2D eigenvalue weighted by molar-refractivity contribution is 0.0179. The van der Waals surface area contributed by atoms with Crippen LogP contribution >= 0.6 is 0 Å². The second-order valence-corrected chi connectivity index (χ2v) is 7.66. The molecular formula is C22H27N3O2. The molecule has 0 fully saturated rings. The smallest absolute Gasteiger partial charge is 0.410 e. The van der Waals surface area contributed by atoms with Gasteiger partial charge in [-0.05, 0) is 57.9 Å². The number of imidazole rings is 1. The molecule has 27 heavy (non-hydrogen) atoms. The second-order valence-electron chi connectivity index (χ2n) is 7.66. The van der Waals surface area contributed by atoms with Gasteiger partial charge in [-0.25, -0.2) is 9.78 Å². The Hall–Kier alpha value is -2.82. The summed E-state index contributed by atoms with van der Waals surface area (Å²) in [6.45, 7) is 10.1. The molecule has 2 aromatic carbocycles. The summed E-state index contributed by atoms with van der Waals surface area (Å²) in [7, 11) is 0. The first-order chi connectivity index (χ1) is 12.8. The molecule has 0 aliphatic carbocycles. The van der Waals surface area contributed by atoms with Gasteiger partial charge in [0.2, 0.25) is 0 Å². The van der Waals surface area contributed by atoms with Crippen molar-refractivity contribution in [3.05, 3.63) is 54.4 Å². The van der Waals surface area contributed by atoms with Crippen LogP contribution in [0.3, 0.4) is 0 Å². The minimum atomic E-state index is -0.525. The van der Waals surface area contributed by atoms with Gasteiger partial charge in [-0.15, -0.1) is 0 Å². The first kappa shape index (κ1) is 19.0. The van der Waals surface area contributed by atoms with Crippen LogP contribution in [0.2, 0.25) is 0 Å². The van der Waals surface area contributed by atoms with Gasteiger partial charge in [0.15, 0.2) is 0 Å². The first-order valence-electron chi connectivity index (χ1n) is 9.33. The van der Waals surface area contributed by atoms with Gasteiger partial charge in [0.05, 0.1) is 17.1 Å². The molecule has 1 amide bonds. The van der Waals surface area contributed by atoms with Crippen molar-refractivity contribution >= 4 is 17.1 Å². The predicted molar refractivity (Wildman–Crippen MR) is 109 cm³/mol. The highest BCUT2D eigenvalue weighted by Gasteiger charge is 2.27. The number of carbonyl (C=O) groups is 1. The maximum atomic E-state index is 12.5. The second kappa shape index (κ2) is 7.43. The number of ether oxygens (including phenoxy) is 1. The minimum Gasteiger partial charge on any atom is -0.444 e. The van der Waals surface area contributed by atoms with E-state index in [1.807, 2.05) is 58.9 Å². The normalized spacial score (nSPS) is 12.8. The third-order valence-electron chi connectivity index (χ3n) is 4.44. The van der Waals surface area contributed by atoms with E-state index in [0.29, 0.717) is 6.54 Å². The number of aromatic nitrogens is 2. The van der Waals surface area contributed by atoms with Crippen molar-refractivity contribution in [2.75, 3.05) is 6.54 Å². The van der Waals surface area contributed by atoms with Crippen LogP contribution in [0, 0.1) is 0 Å². The lowest BCUT2D eigenvalue weighted by Gasteiger charge is -2.29. The number of amides is 1. The summed E-state index contributed by atoms with van der Waals surface area (Å²) >= 11 is 0. The predicted octanol–water partition coefficient (Wildman–Crippen LogP) is 5.55. The molecule has 3 rings (SSSR count). The largest absolute Gasteiger partial charge is 0.444 e. The molecule has 0 radical (unpaired) electrons. The number of nitrogens with zero attached hydrogens (tertiary/aromatic N) is 2. The van der Waals surface area contributed by atoms with Crippen LogP contribution < -0.4 is 0 Å². The van der Waals surface area contributed by atoms with Gasteiger partial charge in [-0.3, -0.25) is 4.90 Å². The van der Waals surface area contributed by atoms with Crippen LogP contribution in [0.1, 0.15) is 46.5 Å². The van der Waals surface area contributed by atoms with Crippen LogP contribution in [0.25, 0.3) is 22.2 Å². The van der Waals surface area contributed by atoms with Crippen molar-refractivity contribution in [3.63, 3.8) is 0 Å². The molecular weight excluding hydrogens is 338 g/mol. The average molecular weight is 365 g/mol. The van der Waals surface area contributed by atoms with Crippen molar-refractivity contribution in [3.8, 4) is 11.1 Å². The van der Waals surface area contributed by atoms with Gasteiger partial charge in [-0.1, -0.05) is 36.4 Å². The number of rotatable bonds is 4. The summed E-state index contributed by atoms with van der Waals surface area (Å²) < 4.78 is 5.53. The van der Waals surface area contributed by atoms with E-state index in [0.717, 1.165) is 28.0 Å². The number of aromatic amines is 1. The highest BCUT2D eigenvalue weighted by molar-refractivity contribution is 5.82. The number of H-pyrrole nitrogens is 1. The van der Waals surface area contributed by atoms with Gasteiger partial charge in [0.1, 0.15) is 11.4 Å². The van der Waals surface area contributed by atoms with E-state index in [2.05, 4.69) is 29.2 Å². The summed E-state index contributed by atoms with van der Waals surface area (Å²) in [5.41, 5.74) is 3.61. The Morgan fingerprint density at radius 1 is 1.15 bits per heavy atom. The van der Waals surface area contributed by atoms with Gasteiger partial charge in [0, 0.05) is 6.54 Å². The van der Waals surface area contributed by atoms with Crippen molar-refractivity contribution < 1.29 is 9.53 Å². The fourth-order valence-electron chi connectivity index (χ4n) is 3.07. The number of carbonyl (C=O) groups excluding carboxylic acids is 1. The first-order valence-corrected chi connectivity index (χ1v) is 9.33. The molecule has 0 saturated carbocycles. The SMILES string of the molecule is CCN(C(=O)OC(C)(C)C)C(C)c1nc2ccc(-c3ccccc3)cc2[nH]1.